The number of hydrogen-bond donors (Lipinski definition) is 0. The van der Waals surface area contributed by atoms with Crippen molar-refractivity contribution in [3.05, 3.63) is 0 Å². The molecule has 0 saturated heterocycles. The van der Waals surface area contributed by atoms with Gasteiger partial charge in [0.05, 0.1) is 14.5 Å². The number of ether oxygens (including phenoxy) is 1. The summed E-state index contributed by atoms with van der Waals surface area (Å²) in [5.41, 5.74) is 0. The molecule has 0 aromatic heterocycles. The fraction of sp³-hybridized carbons (Fsp3) is 1.00. The molecule has 0 aromatic carbocycles. The second kappa shape index (κ2) is 21.5. The Labute approximate surface area is 186 Å². The maximum Gasteiger partial charge on any atom is 0.180 e. The highest BCUT2D eigenvalue weighted by Gasteiger charge is 2.18. The van der Waals surface area contributed by atoms with E-state index >= 15 is 0 Å². The predicted octanol–water partition coefficient (Wildman–Crippen LogP) is 8.12. The molecule has 0 saturated carbocycles. The Hall–Kier alpha value is 0.295. The summed E-state index contributed by atoms with van der Waals surface area (Å²) in [6.45, 7) is 6.09. The molecule has 0 fully saturated rings. The van der Waals surface area contributed by atoms with Crippen LogP contribution in [0, 0.1) is 0 Å². The molecule has 0 heterocycles. The lowest BCUT2D eigenvalue weighted by atomic mass is 9.99. The lowest BCUT2D eigenvalue weighted by Gasteiger charge is -2.38. The summed E-state index contributed by atoms with van der Waals surface area (Å²) in [6, 6.07) is 0. The first-order chi connectivity index (χ1) is 14.1. The zero-order valence-electron chi connectivity index (χ0n) is 20.2. The summed E-state index contributed by atoms with van der Waals surface area (Å²) in [5.74, 6) is 0. The summed E-state index contributed by atoms with van der Waals surface area (Å²) >= 11 is 0. The van der Waals surface area contributed by atoms with E-state index in [9.17, 15) is 0 Å². The second-order valence-electron chi connectivity index (χ2n) is 8.54. The molecule has 0 rings (SSSR count). The molecule has 0 aliphatic heterocycles. The molecular weight excluding hydrogens is 379 g/mol. The molecule has 0 bridgehead atoms. The molecule has 0 spiro atoms. The smallest absolute Gasteiger partial charge is 0.180 e. The highest BCUT2D eigenvalue weighted by Crippen LogP contribution is 2.44. The Morgan fingerprint density at radius 1 is 0.655 bits per heavy atom. The van der Waals surface area contributed by atoms with Crippen molar-refractivity contribution < 1.29 is 13.1 Å². The quantitative estimate of drug-likeness (QED) is 0.0930. The van der Waals surface area contributed by atoms with Crippen molar-refractivity contribution in [2.45, 2.75) is 129 Å². The molecular formula is C24H51BO3S. The summed E-state index contributed by atoms with van der Waals surface area (Å²) in [5, 5.41) is 0. The molecule has 0 aliphatic carbocycles. The summed E-state index contributed by atoms with van der Waals surface area (Å²) in [6.07, 6.45) is 24.6. The van der Waals surface area contributed by atoms with Crippen LogP contribution in [0.3, 0.4) is 0 Å². The van der Waals surface area contributed by atoms with Crippen molar-refractivity contribution in [2.24, 2.45) is 0 Å². The van der Waals surface area contributed by atoms with Gasteiger partial charge >= 0.3 is 0 Å². The van der Waals surface area contributed by atoms with Crippen molar-refractivity contribution in [3.63, 3.8) is 0 Å². The van der Waals surface area contributed by atoms with Gasteiger partial charge in [-0.3, -0.25) is 8.37 Å². The molecule has 29 heavy (non-hydrogen) atoms. The van der Waals surface area contributed by atoms with E-state index in [4.69, 9.17) is 20.9 Å². The third-order valence-corrected chi connectivity index (χ3v) is 6.56. The molecule has 1 unspecified atom stereocenters. The predicted molar refractivity (Wildman–Crippen MR) is 132 cm³/mol. The third-order valence-electron chi connectivity index (χ3n) is 5.15. The first kappa shape index (κ1) is 29.3. The van der Waals surface area contributed by atoms with Gasteiger partial charge in [-0.15, -0.1) is 0 Å². The molecule has 0 aromatic rings. The normalized spacial score (nSPS) is 13.7. The first-order valence-electron chi connectivity index (χ1n) is 12.4. The summed E-state index contributed by atoms with van der Waals surface area (Å²) in [7, 11) is 4.03. The van der Waals surface area contributed by atoms with Crippen molar-refractivity contribution in [3.8, 4) is 0 Å². The fourth-order valence-corrected chi connectivity index (χ4v) is 4.56. The zero-order chi connectivity index (χ0) is 21.6. The maximum atomic E-state index is 6.34. The van der Waals surface area contributed by atoms with Gasteiger partial charge in [0.25, 0.3) is 0 Å². The monoisotopic (exact) mass is 430 g/mol. The van der Waals surface area contributed by atoms with Gasteiger partial charge in [-0.05, 0) is 19.3 Å². The summed E-state index contributed by atoms with van der Waals surface area (Å²) < 4.78 is 18.6. The molecule has 3 nitrogen and oxygen atoms in total. The SMILES string of the molecule is [B]CCCCCCOS(C)(C)OC(CCCCCCCCC)OCCCCCC. The van der Waals surface area contributed by atoms with Gasteiger partial charge in [-0.25, -0.2) is 0 Å². The second-order valence-corrected chi connectivity index (χ2v) is 11.2. The van der Waals surface area contributed by atoms with Gasteiger partial charge < -0.3 is 4.74 Å². The van der Waals surface area contributed by atoms with Gasteiger partial charge in [0, 0.05) is 25.5 Å². The van der Waals surface area contributed by atoms with Crippen molar-refractivity contribution in [1.29, 1.82) is 0 Å². The lowest BCUT2D eigenvalue weighted by Crippen LogP contribution is -2.21. The first-order valence-corrected chi connectivity index (χ1v) is 14.7. The average Bonchev–Trinajstić information content (AvgIpc) is 2.69. The van der Waals surface area contributed by atoms with Crippen LogP contribution in [0.15, 0.2) is 0 Å². The van der Waals surface area contributed by atoms with E-state index in [1.165, 1.54) is 77.0 Å². The Bertz CT molecular complexity index is 329. The van der Waals surface area contributed by atoms with Crippen LogP contribution < -0.4 is 0 Å². The van der Waals surface area contributed by atoms with E-state index < -0.39 is 10.6 Å². The van der Waals surface area contributed by atoms with Crippen LogP contribution in [0.2, 0.25) is 6.32 Å². The van der Waals surface area contributed by atoms with Crippen LogP contribution in [-0.4, -0.2) is 39.9 Å². The van der Waals surface area contributed by atoms with Gasteiger partial charge in [0.2, 0.25) is 0 Å². The van der Waals surface area contributed by atoms with Gasteiger partial charge in [-0.2, -0.15) is 10.6 Å². The van der Waals surface area contributed by atoms with Crippen LogP contribution in [0.1, 0.15) is 117 Å². The van der Waals surface area contributed by atoms with Crippen molar-refractivity contribution in [1.82, 2.24) is 0 Å². The Morgan fingerprint density at radius 3 is 1.83 bits per heavy atom. The largest absolute Gasteiger partial charge is 0.351 e. The van der Waals surface area contributed by atoms with E-state index in [0.29, 0.717) is 0 Å². The van der Waals surface area contributed by atoms with Crippen LogP contribution in [0.4, 0.5) is 0 Å². The van der Waals surface area contributed by atoms with Crippen LogP contribution >= 0.6 is 10.6 Å². The zero-order valence-corrected chi connectivity index (χ0v) is 21.0. The number of hydrogen-bond acceptors (Lipinski definition) is 3. The highest BCUT2D eigenvalue weighted by molar-refractivity contribution is 8.24. The van der Waals surface area contributed by atoms with Crippen molar-refractivity contribution >= 4 is 18.4 Å². The topological polar surface area (TPSA) is 27.7 Å². The number of rotatable bonds is 23. The molecule has 174 valence electrons. The molecule has 2 radical (unpaired) electrons. The Kier molecular flexibility index (Phi) is 21.7. The molecule has 1 atom stereocenters. The molecule has 0 N–H and O–H groups in total. The minimum absolute atomic E-state index is 0.116. The minimum atomic E-state index is -1.53. The highest BCUT2D eigenvalue weighted by atomic mass is 32.3. The molecule has 5 heteroatoms. The van der Waals surface area contributed by atoms with E-state index in [2.05, 4.69) is 26.4 Å². The van der Waals surface area contributed by atoms with Gasteiger partial charge in [-0.1, -0.05) is 97.2 Å². The van der Waals surface area contributed by atoms with E-state index in [1.807, 2.05) is 0 Å². The standard InChI is InChI=1S/C24H51BO3S/c1-5-7-9-11-12-13-16-20-24(26-22-18-10-8-6-2)28-29(3,4)27-23-19-15-14-17-21-25/h24H,5-23H2,1-4H3. The van der Waals surface area contributed by atoms with E-state index in [0.717, 1.165) is 45.2 Å². The van der Waals surface area contributed by atoms with Gasteiger partial charge in [0.15, 0.2) is 6.29 Å². The average molecular weight is 431 g/mol. The third kappa shape index (κ3) is 21.3. The molecule has 0 amide bonds. The van der Waals surface area contributed by atoms with Crippen LogP contribution in [0.5, 0.6) is 0 Å². The van der Waals surface area contributed by atoms with E-state index in [1.54, 1.807) is 0 Å². The Balaban J connectivity index is 4.17. The van der Waals surface area contributed by atoms with E-state index in [-0.39, 0.29) is 6.29 Å². The van der Waals surface area contributed by atoms with Crippen molar-refractivity contribution in [2.75, 3.05) is 25.7 Å². The Morgan fingerprint density at radius 2 is 1.17 bits per heavy atom. The summed E-state index contributed by atoms with van der Waals surface area (Å²) in [4.78, 5) is 0. The van der Waals surface area contributed by atoms with Crippen LogP contribution in [0.25, 0.3) is 0 Å². The minimum Gasteiger partial charge on any atom is -0.351 e. The van der Waals surface area contributed by atoms with Gasteiger partial charge in [0.1, 0.15) is 0 Å². The lowest BCUT2D eigenvalue weighted by molar-refractivity contribution is -0.0843. The fourth-order valence-electron chi connectivity index (χ4n) is 3.32. The molecule has 0 aliphatic rings. The maximum absolute atomic E-state index is 6.34. The van der Waals surface area contributed by atoms with Crippen LogP contribution in [-0.2, 0) is 13.1 Å². The number of unbranched alkanes of at least 4 members (excludes halogenated alkanes) is 12.